The van der Waals surface area contributed by atoms with E-state index in [0.29, 0.717) is 18.9 Å². The number of ether oxygens (including phenoxy) is 1. The smallest absolute Gasteiger partial charge is 0.224 e. The van der Waals surface area contributed by atoms with Gasteiger partial charge in [0.2, 0.25) is 5.91 Å². The molecule has 0 aromatic heterocycles. The van der Waals surface area contributed by atoms with Crippen LogP contribution in [0.3, 0.4) is 0 Å². The first kappa shape index (κ1) is 15.0. The molecule has 2 atom stereocenters. The summed E-state index contributed by atoms with van der Waals surface area (Å²) in [5.41, 5.74) is 8.42. The Labute approximate surface area is 120 Å². The second-order valence-electron chi connectivity index (χ2n) is 5.93. The summed E-state index contributed by atoms with van der Waals surface area (Å²) in [6.07, 6.45) is 0.436. The minimum absolute atomic E-state index is 0.0123. The molecule has 1 aromatic carbocycles. The van der Waals surface area contributed by atoms with E-state index >= 15 is 0 Å². The van der Waals surface area contributed by atoms with Crippen LogP contribution in [-0.2, 0) is 16.1 Å². The first-order chi connectivity index (χ1) is 9.52. The quantitative estimate of drug-likeness (QED) is 0.896. The highest BCUT2D eigenvalue weighted by Gasteiger charge is 2.38. The summed E-state index contributed by atoms with van der Waals surface area (Å²) >= 11 is 0. The molecule has 1 aromatic rings. The molecule has 0 spiro atoms. The molecule has 2 rings (SSSR count). The number of nitrogens with zero attached hydrogens (tertiary/aromatic N) is 1. The van der Waals surface area contributed by atoms with Gasteiger partial charge in [0.1, 0.15) is 0 Å². The van der Waals surface area contributed by atoms with Crippen LogP contribution in [0.15, 0.2) is 24.3 Å². The number of hydrogen-bond donors (Lipinski definition) is 1. The number of hydrogen-bond acceptors (Lipinski definition) is 3. The van der Waals surface area contributed by atoms with Crippen LogP contribution in [0.2, 0.25) is 0 Å². The van der Waals surface area contributed by atoms with Gasteiger partial charge in [-0.05, 0) is 17.0 Å². The largest absolute Gasteiger partial charge is 0.380 e. The fourth-order valence-electron chi connectivity index (χ4n) is 2.89. The molecule has 4 heteroatoms. The molecule has 1 aliphatic heterocycles. The minimum Gasteiger partial charge on any atom is -0.380 e. The zero-order valence-corrected chi connectivity index (χ0v) is 12.5. The van der Waals surface area contributed by atoms with Crippen molar-refractivity contribution < 1.29 is 9.53 Å². The van der Waals surface area contributed by atoms with Gasteiger partial charge in [-0.2, -0.15) is 0 Å². The Morgan fingerprint density at radius 3 is 2.85 bits per heavy atom. The molecular weight excluding hydrogens is 252 g/mol. The van der Waals surface area contributed by atoms with Crippen LogP contribution >= 0.6 is 0 Å². The zero-order chi connectivity index (χ0) is 14.7. The third kappa shape index (κ3) is 3.19. The van der Waals surface area contributed by atoms with E-state index in [1.165, 1.54) is 0 Å². The predicted molar refractivity (Wildman–Crippen MR) is 79.0 cm³/mol. The van der Waals surface area contributed by atoms with Crippen molar-refractivity contribution in [1.29, 1.82) is 0 Å². The van der Waals surface area contributed by atoms with Crippen molar-refractivity contribution in [3.63, 3.8) is 0 Å². The Morgan fingerprint density at radius 2 is 2.20 bits per heavy atom. The van der Waals surface area contributed by atoms with Gasteiger partial charge in [0.25, 0.3) is 0 Å². The Morgan fingerprint density at radius 1 is 1.45 bits per heavy atom. The van der Waals surface area contributed by atoms with E-state index in [9.17, 15) is 4.79 Å². The van der Waals surface area contributed by atoms with Crippen LogP contribution in [-0.4, -0.2) is 30.5 Å². The van der Waals surface area contributed by atoms with Crippen LogP contribution in [0.1, 0.15) is 37.4 Å². The van der Waals surface area contributed by atoms with Crippen molar-refractivity contribution in [2.24, 2.45) is 11.7 Å². The van der Waals surface area contributed by atoms with Gasteiger partial charge in [0.15, 0.2) is 0 Å². The molecule has 4 nitrogen and oxygen atoms in total. The van der Waals surface area contributed by atoms with Gasteiger partial charge >= 0.3 is 0 Å². The highest BCUT2D eigenvalue weighted by molar-refractivity contribution is 5.80. The molecule has 1 heterocycles. The van der Waals surface area contributed by atoms with Crippen LogP contribution < -0.4 is 5.73 Å². The van der Waals surface area contributed by atoms with Gasteiger partial charge < -0.3 is 15.4 Å². The van der Waals surface area contributed by atoms with Gasteiger partial charge in [-0.15, -0.1) is 0 Å². The molecule has 1 aliphatic rings. The maximum Gasteiger partial charge on any atom is 0.224 e. The highest BCUT2D eigenvalue weighted by Crippen LogP contribution is 2.33. The van der Waals surface area contributed by atoms with E-state index in [1.54, 1.807) is 7.11 Å². The second kappa shape index (κ2) is 6.37. The SMILES string of the molecule is COCc1cccc(C2C(N)CC(=O)N2CC(C)C)c1. The van der Waals surface area contributed by atoms with Crippen molar-refractivity contribution in [3.8, 4) is 0 Å². The molecule has 2 unspecified atom stereocenters. The summed E-state index contributed by atoms with van der Waals surface area (Å²) in [6, 6.07) is 8.05. The van der Waals surface area contributed by atoms with E-state index in [2.05, 4.69) is 26.0 Å². The molecule has 1 fully saturated rings. The third-order valence-electron chi connectivity index (χ3n) is 3.64. The summed E-state index contributed by atoms with van der Waals surface area (Å²) in [5, 5.41) is 0. The van der Waals surface area contributed by atoms with Crippen molar-refractivity contribution >= 4 is 5.91 Å². The lowest BCUT2D eigenvalue weighted by Crippen LogP contribution is -2.35. The van der Waals surface area contributed by atoms with Crippen LogP contribution in [0.25, 0.3) is 0 Å². The topological polar surface area (TPSA) is 55.6 Å². The standard InChI is InChI=1S/C16H24N2O2/c1-11(2)9-18-15(19)8-14(17)16(18)13-6-4-5-12(7-13)10-20-3/h4-7,11,14,16H,8-10,17H2,1-3H3. The highest BCUT2D eigenvalue weighted by atomic mass is 16.5. The number of benzene rings is 1. The van der Waals surface area contributed by atoms with Gasteiger partial charge in [0, 0.05) is 26.1 Å². The molecule has 1 saturated heterocycles. The lowest BCUT2D eigenvalue weighted by Gasteiger charge is -2.29. The summed E-state index contributed by atoms with van der Waals surface area (Å²) < 4.78 is 5.17. The van der Waals surface area contributed by atoms with E-state index in [4.69, 9.17) is 10.5 Å². The van der Waals surface area contributed by atoms with Crippen molar-refractivity contribution in [3.05, 3.63) is 35.4 Å². The third-order valence-corrected chi connectivity index (χ3v) is 3.64. The fraction of sp³-hybridized carbons (Fsp3) is 0.562. The lowest BCUT2D eigenvalue weighted by molar-refractivity contribution is -0.129. The van der Waals surface area contributed by atoms with Gasteiger partial charge in [-0.1, -0.05) is 38.1 Å². The normalized spacial score (nSPS) is 22.9. The number of methoxy groups -OCH3 is 1. The van der Waals surface area contributed by atoms with E-state index in [0.717, 1.165) is 17.7 Å². The number of nitrogens with two attached hydrogens (primary N) is 1. The molecule has 20 heavy (non-hydrogen) atoms. The number of likely N-dealkylation sites (tertiary alicyclic amines) is 1. The minimum atomic E-state index is -0.126. The maximum absolute atomic E-state index is 12.1. The summed E-state index contributed by atoms with van der Waals surface area (Å²) in [5.74, 6) is 0.599. The molecule has 0 aliphatic carbocycles. The van der Waals surface area contributed by atoms with Crippen LogP contribution in [0.4, 0.5) is 0 Å². The van der Waals surface area contributed by atoms with Crippen molar-refractivity contribution in [2.45, 2.75) is 39.0 Å². The average Bonchev–Trinajstić information content (AvgIpc) is 2.64. The van der Waals surface area contributed by atoms with Crippen molar-refractivity contribution in [2.75, 3.05) is 13.7 Å². The first-order valence-electron chi connectivity index (χ1n) is 7.15. The second-order valence-corrected chi connectivity index (χ2v) is 5.93. The van der Waals surface area contributed by atoms with Gasteiger partial charge in [-0.3, -0.25) is 4.79 Å². The number of carbonyl (C=O) groups is 1. The number of amides is 1. The molecule has 2 N–H and O–H groups in total. The molecule has 0 saturated carbocycles. The number of carbonyl (C=O) groups excluding carboxylic acids is 1. The summed E-state index contributed by atoms with van der Waals surface area (Å²) in [6.45, 7) is 5.57. The Kier molecular flexibility index (Phi) is 4.78. The van der Waals surface area contributed by atoms with E-state index in [-0.39, 0.29) is 18.0 Å². The lowest BCUT2D eigenvalue weighted by atomic mass is 9.98. The molecule has 1 amide bonds. The zero-order valence-electron chi connectivity index (χ0n) is 12.5. The first-order valence-corrected chi connectivity index (χ1v) is 7.15. The number of rotatable bonds is 5. The van der Waals surface area contributed by atoms with Gasteiger partial charge in [0.05, 0.1) is 12.6 Å². The van der Waals surface area contributed by atoms with Crippen LogP contribution in [0, 0.1) is 5.92 Å². The summed E-state index contributed by atoms with van der Waals surface area (Å²) in [7, 11) is 1.68. The van der Waals surface area contributed by atoms with Gasteiger partial charge in [-0.25, -0.2) is 0 Å². The Bertz CT molecular complexity index is 473. The predicted octanol–water partition coefficient (Wildman–Crippen LogP) is 2.09. The molecule has 0 bridgehead atoms. The average molecular weight is 276 g/mol. The Hall–Kier alpha value is -1.39. The molecule has 0 radical (unpaired) electrons. The molecular formula is C16H24N2O2. The molecule has 110 valence electrons. The van der Waals surface area contributed by atoms with Crippen LogP contribution in [0.5, 0.6) is 0 Å². The Balaban J connectivity index is 2.27. The fourth-order valence-corrected chi connectivity index (χ4v) is 2.89. The monoisotopic (exact) mass is 276 g/mol. The maximum atomic E-state index is 12.1. The van der Waals surface area contributed by atoms with E-state index in [1.807, 2.05) is 17.0 Å². The van der Waals surface area contributed by atoms with E-state index < -0.39 is 0 Å². The summed E-state index contributed by atoms with van der Waals surface area (Å²) in [4.78, 5) is 14.1. The van der Waals surface area contributed by atoms with Crippen molar-refractivity contribution in [1.82, 2.24) is 4.90 Å².